The van der Waals surface area contributed by atoms with E-state index in [1.54, 1.807) is 11.9 Å². The van der Waals surface area contributed by atoms with E-state index in [9.17, 15) is 4.79 Å². The van der Waals surface area contributed by atoms with Crippen LogP contribution in [0.2, 0.25) is 0 Å². The van der Waals surface area contributed by atoms with E-state index < -0.39 is 0 Å². The maximum atomic E-state index is 12.9. The summed E-state index contributed by atoms with van der Waals surface area (Å²) in [5.41, 5.74) is 3.37. The number of halogens is 1. The molecule has 7 heteroatoms. The van der Waals surface area contributed by atoms with Gasteiger partial charge in [-0.3, -0.25) is 4.79 Å². The Bertz CT molecular complexity index is 676. The third kappa shape index (κ3) is 5.30. The number of carbonyl (C=O) groups excluding carboxylic acids is 1. The Labute approximate surface area is 162 Å². The van der Waals surface area contributed by atoms with Crippen molar-refractivity contribution in [1.82, 2.24) is 9.80 Å². The van der Waals surface area contributed by atoms with Gasteiger partial charge in [0.15, 0.2) is 0 Å². The number of thioether (sulfide) groups is 2. The molecule has 1 aliphatic rings. The number of rotatable bonds is 7. The van der Waals surface area contributed by atoms with Gasteiger partial charge < -0.3 is 15.2 Å². The first-order chi connectivity index (χ1) is 12.1. The van der Waals surface area contributed by atoms with Crippen LogP contribution in [0.3, 0.4) is 0 Å². The fourth-order valence-corrected chi connectivity index (χ4v) is 4.61. The van der Waals surface area contributed by atoms with E-state index in [0.29, 0.717) is 23.9 Å². The van der Waals surface area contributed by atoms with Gasteiger partial charge in [-0.25, -0.2) is 0 Å². The van der Waals surface area contributed by atoms with Gasteiger partial charge >= 0.3 is 0 Å². The minimum Gasteiger partial charge on any atom is -0.369 e. The van der Waals surface area contributed by atoms with Gasteiger partial charge in [0.1, 0.15) is 0 Å². The predicted molar refractivity (Wildman–Crippen MR) is 110 cm³/mol. The molecule has 25 heavy (non-hydrogen) atoms. The molecule has 4 nitrogen and oxygen atoms in total. The van der Waals surface area contributed by atoms with E-state index in [2.05, 4.69) is 11.8 Å². The normalized spacial score (nSPS) is 16.3. The number of nitrogens with one attached hydrogen (secondary N) is 1. The molecule has 0 saturated carbocycles. The number of amides is 1. The van der Waals surface area contributed by atoms with Crippen LogP contribution in [0.5, 0.6) is 0 Å². The molecule has 0 spiro atoms. The third-order valence-electron chi connectivity index (χ3n) is 3.83. The standard InChI is InChI=1S/C18H22ClN3OS2/c1-3-22-11-16(24-12-15(22)9-19)17(25-13-20)18(23)21(2)10-14-7-5-4-6-8-14/h4-8,12-13,20H,3,9-11H2,1-2H3/b17-16-,20-13?. The highest BCUT2D eigenvalue weighted by atomic mass is 35.5. The van der Waals surface area contributed by atoms with Crippen LogP contribution in [0, 0.1) is 5.41 Å². The lowest BCUT2D eigenvalue weighted by Gasteiger charge is -2.31. The van der Waals surface area contributed by atoms with Gasteiger partial charge in [-0.2, -0.15) is 0 Å². The van der Waals surface area contributed by atoms with Gasteiger partial charge in [0.2, 0.25) is 0 Å². The predicted octanol–water partition coefficient (Wildman–Crippen LogP) is 4.35. The van der Waals surface area contributed by atoms with Crippen LogP contribution in [-0.2, 0) is 11.3 Å². The van der Waals surface area contributed by atoms with E-state index in [1.807, 2.05) is 35.7 Å². The molecule has 0 aliphatic carbocycles. The molecule has 1 aromatic rings. The highest BCUT2D eigenvalue weighted by molar-refractivity contribution is 8.17. The Morgan fingerprint density at radius 2 is 2.16 bits per heavy atom. The lowest BCUT2D eigenvalue weighted by atomic mass is 10.2. The summed E-state index contributed by atoms with van der Waals surface area (Å²) < 4.78 is 0. The highest BCUT2D eigenvalue weighted by Crippen LogP contribution is 2.35. The fraction of sp³-hybridized carbons (Fsp3) is 0.333. The zero-order valence-electron chi connectivity index (χ0n) is 14.4. The molecular weight excluding hydrogens is 374 g/mol. The number of benzene rings is 1. The molecule has 0 saturated heterocycles. The van der Waals surface area contributed by atoms with Crippen LogP contribution in [0.15, 0.2) is 51.2 Å². The number of carbonyl (C=O) groups is 1. The summed E-state index contributed by atoms with van der Waals surface area (Å²) in [5, 5.41) is 9.46. The van der Waals surface area contributed by atoms with E-state index >= 15 is 0 Å². The SMILES string of the molecule is CCN1C/C(=C(/SC=N)C(=O)N(C)Cc2ccccc2)SC=C1CCl. The average molecular weight is 396 g/mol. The number of hydrogen-bond donors (Lipinski definition) is 1. The zero-order valence-corrected chi connectivity index (χ0v) is 16.8. The van der Waals surface area contributed by atoms with Crippen molar-refractivity contribution >= 4 is 46.6 Å². The van der Waals surface area contributed by atoms with E-state index in [0.717, 1.165) is 22.7 Å². The molecule has 1 N–H and O–H groups in total. The molecule has 1 amide bonds. The summed E-state index contributed by atoms with van der Waals surface area (Å²) in [7, 11) is 1.80. The second-order valence-electron chi connectivity index (χ2n) is 5.51. The van der Waals surface area contributed by atoms with Crippen LogP contribution < -0.4 is 0 Å². The lowest BCUT2D eigenvalue weighted by Crippen LogP contribution is -2.31. The molecule has 1 aromatic carbocycles. The quantitative estimate of drug-likeness (QED) is 0.323. The summed E-state index contributed by atoms with van der Waals surface area (Å²) in [5.74, 6) is 0.405. The van der Waals surface area contributed by atoms with Gasteiger partial charge in [0, 0.05) is 30.7 Å². The molecule has 134 valence electrons. The summed E-state index contributed by atoms with van der Waals surface area (Å²) in [6.45, 7) is 4.10. The van der Waals surface area contributed by atoms with Crippen molar-refractivity contribution in [2.45, 2.75) is 13.5 Å². The monoisotopic (exact) mass is 395 g/mol. The van der Waals surface area contributed by atoms with Gasteiger partial charge in [-0.15, -0.1) is 11.6 Å². The minimum absolute atomic E-state index is 0.0568. The molecule has 0 bridgehead atoms. The number of nitrogens with zero attached hydrogens (tertiary/aromatic N) is 2. The van der Waals surface area contributed by atoms with Gasteiger partial charge in [0.25, 0.3) is 5.91 Å². The number of likely N-dealkylation sites (N-methyl/N-ethyl adjacent to an activating group) is 2. The van der Waals surface area contributed by atoms with Crippen molar-refractivity contribution < 1.29 is 4.79 Å². The number of allylic oxidation sites excluding steroid dienone is 1. The van der Waals surface area contributed by atoms with Crippen LogP contribution in [0.4, 0.5) is 0 Å². The Morgan fingerprint density at radius 3 is 2.76 bits per heavy atom. The maximum Gasteiger partial charge on any atom is 0.261 e. The molecule has 1 heterocycles. The van der Waals surface area contributed by atoms with E-state index in [1.165, 1.54) is 29.1 Å². The maximum absolute atomic E-state index is 12.9. The van der Waals surface area contributed by atoms with E-state index in [-0.39, 0.29) is 5.91 Å². The van der Waals surface area contributed by atoms with Crippen LogP contribution in [0.1, 0.15) is 12.5 Å². The second-order valence-corrected chi connectivity index (χ2v) is 7.62. The Kier molecular flexibility index (Phi) is 7.93. The van der Waals surface area contributed by atoms with Crippen molar-refractivity contribution in [1.29, 1.82) is 5.41 Å². The fourth-order valence-electron chi connectivity index (χ4n) is 2.48. The topological polar surface area (TPSA) is 47.4 Å². The van der Waals surface area contributed by atoms with E-state index in [4.69, 9.17) is 17.0 Å². The Balaban J connectivity index is 2.22. The minimum atomic E-state index is -0.0568. The summed E-state index contributed by atoms with van der Waals surface area (Å²) in [6, 6.07) is 9.90. The molecule has 0 unspecified atom stereocenters. The smallest absolute Gasteiger partial charge is 0.261 e. The van der Waals surface area contributed by atoms with Gasteiger partial charge in [-0.05, 0) is 17.9 Å². The van der Waals surface area contributed by atoms with Gasteiger partial charge in [-0.1, -0.05) is 53.9 Å². The first kappa shape index (κ1) is 19.9. The Hall–Kier alpha value is -1.37. The summed E-state index contributed by atoms with van der Waals surface area (Å²) in [4.78, 5) is 18.4. The largest absolute Gasteiger partial charge is 0.369 e. The van der Waals surface area contributed by atoms with Gasteiger partial charge in [0.05, 0.1) is 22.9 Å². The van der Waals surface area contributed by atoms with Crippen molar-refractivity contribution in [3.63, 3.8) is 0 Å². The number of hydrogen-bond acceptors (Lipinski definition) is 5. The first-order valence-corrected chi connectivity index (χ1v) is 10.2. The van der Waals surface area contributed by atoms with Crippen molar-refractivity contribution in [2.24, 2.45) is 0 Å². The third-order valence-corrected chi connectivity index (χ3v) is 6.02. The first-order valence-electron chi connectivity index (χ1n) is 7.95. The molecule has 1 aliphatic heterocycles. The van der Waals surface area contributed by atoms with Crippen LogP contribution >= 0.6 is 35.1 Å². The summed E-state index contributed by atoms with van der Waals surface area (Å²) in [6.07, 6.45) is 0. The molecule has 0 atom stereocenters. The zero-order chi connectivity index (χ0) is 18.2. The second kappa shape index (κ2) is 9.94. The molecule has 2 rings (SSSR count). The summed E-state index contributed by atoms with van der Waals surface area (Å²) >= 11 is 8.70. The lowest BCUT2D eigenvalue weighted by molar-refractivity contribution is -0.125. The van der Waals surface area contributed by atoms with Crippen molar-refractivity contribution in [2.75, 3.05) is 26.0 Å². The van der Waals surface area contributed by atoms with Crippen molar-refractivity contribution in [3.05, 3.63) is 56.8 Å². The number of alkyl halides is 1. The molecule has 0 radical (unpaired) electrons. The highest BCUT2D eigenvalue weighted by Gasteiger charge is 2.24. The van der Waals surface area contributed by atoms with Crippen LogP contribution in [-0.4, -0.2) is 47.3 Å². The molecule has 0 fully saturated rings. The molecule has 0 aromatic heterocycles. The van der Waals surface area contributed by atoms with Crippen molar-refractivity contribution in [3.8, 4) is 0 Å². The molecular formula is C18H22ClN3OS2. The average Bonchev–Trinajstić information content (AvgIpc) is 2.65. The van der Waals surface area contributed by atoms with Crippen LogP contribution in [0.25, 0.3) is 0 Å². The Morgan fingerprint density at radius 1 is 1.44 bits per heavy atom.